The number of urea groups is 1. The van der Waals surface area contributed by atoms with Crippen LogP contribution >= 0.6 is 0 Å². The van der Waals surface area contributed by atoms with Crippen molar-refractivity contribution in [2.24, 2.45) is 5.92 Å². The van der Waals surface area contributed by atoms with E-state index in [-0.39, 0.29) is 17.5 Å². The number of carbonyl (C=O) groups excluding carboxylic acids is 2. The van der Waals surface area contributed by atoms with Crippen LogP contribution in [-0.2, 0) is 10.2 Å². The van der Waals surface area contributed by atoms with Crippen molar-refractivity contribution in [3.63, 3.8) is 0 Å². The number of likely N-dealkylation sites (tertiary alicyclic amines) is 1. The predicted octanol–water partition coefficient (Wildman–Crippen LogP) is 7.18. The number of aldehydes is 1. The fourth-order valence-electron chi connectivity index (χ4n) is 5.33. The van der Waals surface area contributed by atoms with Crippen molar-refractivity contribution in [1.82, 2.24) is 4.90 Å². The quantitative estimate of drug-likeness (QED) is 0.269. The number of halogens is 2. The van der Waals surface area contributed by atoms with Gasteiger partial charge < -0.3 is 29.6 Å². The summed E-state index contributed by atoms with van der Waals surface area (Å²) in [6, 6.07) is 14.9. The van der Waals surface area contributed by atoms with Gasteiger partial charge in [0.25, 0.3) is 0 Å². The fraction of sp³-hybridized carbons (Fsp3) is 0.375. The molecule has 0 bridgehead atoms. The Hall–Kier alpha value is -3.98. The van der Waals surface area contributed by atoms with E-state index in [2.05, 4.69) is 19.2 Å². The Labute approximate surface area is 238 Å². The van der Waals surface area contributed by atoms with Crippen LogP contribution in [0.3, 0.4) is 0 Å². The van der Waals surface area contributed by atoms with E-state index in [4.69, 9.17) is 9.47 Å². The molecule has 1 aliphatic heterocycles. The van der Waals surface area contributed by atoms with Gasteiger partial charge in [0.15, 0.2) is 11.6 Å². The van der Waals surface area contributed by atoms with Crippen molar-refractivity contribution in [3.05, 3.63) is 77.9 Å². The third-order valence-electron chi connectivity index (χ3n) is 7.71. The van der Waals surface area contributed by atoms with Gasteiger partial charge >= 0.3 is 6.03 Å². The predicted molar refractivity (Wildman–Crippen MR) is 151 cm³/mol. The van der Waals surface area contributed by atoms with E-state index in [0.29, 0.717) is 55.5 Å². The van der Waals surface area contributed by atoms with Crippen molar-refractivity contribution < 1.29 is 33.0 Å². The maximum absolute atomic E-state index is 13.8. The Morgan fingerprint density at radius 1 is 0.902 bits per heavy atom. The van der Waals surface area contributed by atoms with Gasteiger partial charge in [-0.1, -0.05) is 26.0 Å². The molecule has 2 fully saturated rings. The summed E-state index contributed by atoms with van der Waals surface area (Å²) in [5.74, 6) is -0.514. The molecule has 2 N–H and O–H groups in total. The summed E-state index contributed by atoms with van der Waals surface area (Å²) >= 11 is 0. The normalized spacial score (nSPS) is 17.2. The van der Waals surface area contributed by atoms with Crippen molar-refractivity contribution in [2.45, 2.75) is 57.0 Å². The minimum atomic E-state index is -1.05. The van der Waals surface area contributed by atoms with Gasteiger partial charge in [0.05, 0.1) is 11.0 Å². The number of ether oxygens (including phenoxy) is 2. The van der Waals surface area contributed by atoms with Crippen LogP contribution in [0.1, 0.15) is 51.5 Å². The van der Waals surface area contributed by atoms with Crippen LogP contribution in [0.15, 0.2) is 60.7 Å². The molecule has 2 aliphatic rings. The fourth-order valence-corrected chi connectivity index (χ4v) is 5.33. The third kappa shape index (κ3) is 6.85. The van der Waals surface area contributed by atoms with E-state index in [1.54, 1.807) is 35.2 Å². The number of anilines is 1. The van der Waals surface area contributed by atoms with E-state index < -0.39 is 22.7 Å². The van der Waals surface area contributed by atoms with Crippen LogP contribution in [0.2, 0.25) is 0 Å². The van der Waals surface area contributed by atoms with Crippen LogP contribution < -0.4 is 14.8 Å². The van der Waals surface area contributed by atoms with Gasteiger partial charge in [0.1, 0.15) is 29.3 Å². The van der Waals surface area contributed by atoms with Gasteiger partial charge in [0.2, 0.25) is 0 Å². The molecular formula is C32H34F2N2O5. The lowest BCUT2D eigenvalue weighted by atomic mass is 9.84. The highest BCUT2D eigenvalue weighted by molar-refractivity contribution is 5.90. The Kier molecular flexibility index (Phi) is 8.00. The number of amides is 2. The molecule has 9 heteroatoms. The number of benzene rings is 3. The van der Waals surface area contributed by atoms with Crippen LogP contribution in [0, 0.1) is 17.6 Å². The largest absolute Gasteiger partial charge is 0.457 e. The van der Waals surface area contributed by atoms with Crippen molar-refractivity contribution in [1.29, 1.82) is 0 Å². The van der Waals surface area contributed by atoms with Gasteiger partial charge in [-0.15, -0.1) is 0 Å². The summed E-state index contributed by atoms with van der Waals surface area (Å²) in [6.07, 6.45) is 4.32. The highest BCUT2D eigenvalue weighted by Crippen LogP contribution is 2.46. The third-order valence-corrected chi connectivity index (χ3v) is 7.71. The number of hydrogen-bond donors (Lipinski definition) is 2. The molecule has 5 rings (SSSR count). The first-order valence-corrected chi connectivity index (χ1v) is 13.9. The summed E-state index contributed by atoms with van der Waals surface area (Å²) in [5, 5.41) is 13.7. The molecule has 3 aromatic rings. The first-order chi connectivity index (χ1) is 19.6. The standard InChI is InChI=1S/C32H34F2N2O5/c1-21(2)19-32(39)11-13-36(14-12-32)30(38)35-23-15-26(17-27(16-23)41-25-7-8-28(33)29(34)18-25)40-24-5-3-22(4-6-24)31(20-37)9-10-31/h3-8,15-18,20-21,39H,9-14,19H2,1-2H3,(H,35,38). The molecule has 3 aromatic carbocycles. The molecule has 1 saturated heterocycles. The summed E-state index contributed by atoms with van der Waals surface area (Å²) in [6.45, 7) is 4.96. The highest BCUT2D eigenvalue weighted by atomic mass is 19.2. The molecule has 41 heavy (non-hydrogen) atoms. The smallest absolute Gasteiger partial charge is 0.321 e. The number of hydrogen-bond acceptors (Lipinski definition) is 5. The molecule has 0 atom stereocenters. The number of nitrogens with zero attached hydrogens (tertiary/aromatic N) is 1. The lowest BCUT2D eigenvalue weighted by Crippen LogP contribution is -2.48. The maximum atomic E-state index is 13.8. The first kappa shape index (κ1) is 28.5. The number of nitrogens with one attached hydrogen (secondary N) is 1. The second kappa shape index (κ2) is 11.5. The Morgan fingerprint density at radius 3 is 2.07 bits per heavy atom. The zero-order valence-electron chi connectivity index (χ0n) is 23.2. The minimum Gasteiger partial charge on any atom is -0.457 e. The summed E-state index contributed by atoms with van der Waals surface area (Å²) in [4.78, 5) is 26.2. The number of aliphatic hydroxyl groups is 1. The molecule has 0 unspecified atom stereocenters. The SMILES string of the molecule is CC(C)CC1(O)CCN(C(=O)Nc2cc(Oc3ccc(C4(C=O)CC4)cc3)cc(Oc3ccc(F)c(F)c3)c2)CC1. The van der Waals surface area contributed by atoms with Crippen LogP contribution in [0.5, 0.6) is 23.0 Å². The lowest BCUT2D eigenvalue weighted by molar-refractivity contribution is -0.109. The Bertz CT molecular complexity index is 1410. The van der Waals surface area contributed by atoms with Crippen LogP contribution in [-0.4, -0.2) is 41.0 Å². The molecule has 0 aromatic heterocycles. The van der Waals surface area contributed by atoms with Gasteiger partial charge in [-0.3, -0.25) is 0 Å². The van der Waals surface area contributed by atoms with E-state index in [1.807, 2.05) is 12.1 Å². The minimum absolute atomic E-state index is 0.0757. The van der Waals surface area contributed by atoms with Crippen molar-refractivity contribution >= 4 is 18.0 Å². The average molecular weight is 565 g/mol. The lowest BCUT2D eigenvalue weighted by Gasteiger charge is -2.39. The topological polar surface area (TPSA) is 88.1 Å². The number of piperidine rings is 1. The molecule has 7 nitrogen and oxygen atoms in total. The average Bonchev–Trinajstić information content (AvgIpc) is 3.72. The summed E-state index contributed by atoms with van der Waals surface area (Å²) < 4.78 is 39.1. The number of carbonyl (C=O) groups is 2. The maximum Gasteiger partial charge on any atom is 0.321 e. The summed E-state index contributed by atoms with van der Waals surface area (Å²) in [5.41, 5.74) is 0.144. The van der Waals surface area contributed by atoms with Crippen molar-refractivity contribution in [2.75, 3.05) is 18.4 Å². The monoisotopic (exact) mass is 564 g/mol. The molecular weight excluding hydrogens is 530 g/mol. The molecule has 1 heterocycles. The van der Waals surface area contributed by atoms with E-state index in [0.717, 1.165) is 36.8 Å². The Morgan fingerprint density at radius 2 is 1.51 bits per heavy atom. The zero-order chi connectivity index (χ0) is 29.2. The van der Waals surface area contributed by atoms with Crippen LogP contribution in [0.4, 0.5) is 19.3 Å². The molecule has 2 amide bonds. The molecule has 216 valence electrons. The highest BCUT2D eigenvalue weighted by Gasteiger charge is 2.44. The molecule has 0 radical (unpaired) electrons. The molecule has 1 aliphatic carbocycles. The van der Waals surface area contributed by atoms with E-state index >= 15 is 0 Å². The van der Waals surface area contributed by atoms with Gasteiger partial charge in [-0.05, 0) is 67.9 Å². The van der Waals surface area contributed by atoms with Crippen molar-refractivity contribution in [3.8, 4) is 23.0 Å². The van der Waals surface area contributed by atoms with Gasteiger partial charge in [-0.2, -0.15) is 0 Å². The molecule has 0 spiro atoms. The first-order valence-electron chi connectivity index (χ1n) is 13.9. The van der Waals surface area contributed by atoms with Gasteiger partial charge in [0, 0.05) is 43.0 Å². The van der Waals surface area contributed by atoms with E-state index in [1.165, 1.54) is 6.07 Å². The van der Waals surface area contributed by atoms with E-state index in [9.17, 15) is 23.5 Å². The van der Waals surface area contributed by atoms with Gasteiger partial charge in [-0.25, -0.2) is 13.6 Å². The summed E-state index contributed by atoms with van der Waals surface area (Å²) in [7, 11) is 0. The van der Waals surface area contributed by atoms with Crippen LogP contribution in [0.25, 0.3) is 0 Å². The second-order valence-electron chi connectivity index (χ2n) is 11.5. The molecule has 1 saturated carbocycles. The second-order valence-corrected chi connectivity index (χ2v) is 11.5. The Balaban J connectivity index is 1.34. The number of rotatable bonds is 9. The zero-order valence-corrected chi connectivity index (χ0v) is 23.2.